The summed E-state index contributed by atoms with van der Waals surface area (Å²) in [6.45, 7) is 5.74. The number of pyridine rings is 1. The minimum absolute atomic E-state index is 0.0170. The number of carbonyl (C=O) groups excluding carboxylic acids is 1. The van der Waals surface area contributed by atoms with Gasteiger partial charge >= 0.3 is 0 Å². The Bertz CT molecular complexity index is 802. The molecule has 22 heavy (non-hydrogen) atoms. The number of nitrogens with one attached hydrogen (secondary N) is 1. The summed E-state index contributed by atoms with van der Waals surface area (Å²) in [6, 6.07) is 9.51. The number of hydrogen-bond donors (Lipinski definition) is 1. The third-order valence-corrected chi connectivity index (χ3v) is 3.43. The number of carbonyl (C=O) groups is 1. The molecule has 0 fully saturated rings. The molecule has 0 atom stereocenters. The lowest BCUT2D eigenvalue weighted by molar-refractivity contribution is -0.125. The van der Waals surface area contributed by atoms with E-state index in [1.807, 2.05) is 51.1 Å². The topological polar surface area (TPSA) is 61.9 Å². The van der Waals surface area contributed by atoms with Crippen LogP contribution in [0.3, 0.4) is 0 Å². The van der Waals surface area contributed by atoms with Crippen LogP contribution in [0.15, 0.2) is 48.9 Å². The van der Waals surface area contributed by atoms with Crippen LogP contribution in [0.1, 0.15) is 20.8 Å². The fourth-order valence-corrected chi connectivity index (χ4v) is 2.27. The molecule has 5 heteroatoms. The van der Waals surface area contributed by atoms with Crippen molar-refractivity contribution in [3.8, 4) is 0 Å². The lowest BCUT2D eigenvalue weighted by atomic mass is 9.94. The molecular weight excluding hydrogens is 276 g/mol. The van der Waals surface area contributed by atoms with Crippen LogP contribution in [-0.2, 0) is 4.79 Å². The minimum atomic E-state index is -0.499. The van der Waals surface area contributed by atoms with Gasteiger partial charge in [-0.3, -0.25) is 19.8 Å². The summed E-state index contributed by atoms with van der Waals surface area (Å²) in [5, 5.41) is 7.91. The molecule has 0 unspecified atom stereocenters. The molecule has 0 aliphatic carbocycles. The van der Waals surface area contributed by atoms with E-state index in [1.165, 1.54) is 0 Å². The van der Waals surface area contributed by atoms with Gasteiger partial charge in [0.25, 0.3) is 0 Å². The summed E-state index contributed by atoms with van der Waals surface area (Å²) < 4.78 is 0. The molecule has 0 aliphatic rings. The van der Waals surface area contributed by atoms with Crippen molar-refractivity contribution in [2.24, 2.45) is 5.41 Å². The van der Waals surface area contributed by atoms with E-state index in [0.717, 1.165) is 22.3 Å². The first-order valence-corrected chi connectivity index (χ1v) is 7.14. The lowest BCUT2D eigenvalue weighted by Gasteiger charge is -2.29. The molecule has 5 nitrogen and oxygen atoms in total. The molecule has 3 aromatic rings. The van der Waals surface area contributed by atoms with Crippen LogP contribution < -0.4 is 4.90 Å². The fraction of sp³-hybridized carbons (Fsp3) is 0.235. The normalized spacial score (nSPS) is 11.6. The Labute approximate surface area is 129 Å². The molecule has 0 bridgehead atoms. The number of benzene rings is 1. The number of aromatic amines is 1. The zero-order valence-corrected chi connectivity index (χ0v) is 12.9. The molecule has 2 aromatic heterocycles. The number of H-pyrrole nitrogens is 1. The number of fused-ring (bicyclic) bond motifs is 1. The summed E-state index contributed by atoms with van der Waals surface area (Å²) in [7, 11) is 0. The molecule has 0 saturated heterocycles. The van der Waals surface area contributed by atoms with Gasteiger partial charge in [0.2, 0.25) is 5.91 Å². The maximum atomic E-state index is 12.9. The molecule has 1 N–H and O–H groups in total. The van der Waals surface area contributed by atoms with Gasteiger partial charge < -0.3 is 0 Å². The van der Waals surface area contributed by atoms with Crippen LogP contribution in [0.5, 0.6) is 0 Å². The van der Waals surface area contributed by atoms with Crippen molar-refractivity contribution < 1.29 is 4.79 Å². The van der Waals surface area contributed by atoms with E-state index < -0.39 is 5.41 Å². The highest BCUT2D eigenvalue weighted by atomic mass is 16.2. The van der Waals surface area contributed by atoms with Crippen LogP contribution in [-0.4, -0.2) is 21.1 Å². The zero-order valence-electron chi connectivity index (χ0n) is 12.9. The predicted octanol–water partition coefficient (Wildman–Crippen LogP) is 3.67. The van der Waals surface area contributed by atoms with Crippen LogP contribution in [0.2, 0.25) is 0 Å². The van der Waals surface area contributed by atoms with Gasteiger partial charge in [0, 0.05) is 22.7 Å². The van der Waals surface area contributed by atoms with Gasteiger partial charge in [0.15, 0.2) is 0 Å². The van der Waals surface area contributed by atoms with Gasteiger partial charge in [-0.25, -0.2) is 0 Å². The molecule has 0 saturated carbocycles. The highest BCUT2D eigenvalue weighted by molar-refractivity contribution is 6.04. The molecule has 1 aromatic carbocycles. The van der Waals surface area contributed by atoms with E-state index in [1.54, 1.807) is 23.5 Å². The van der Waals surface area contributed by atoms with Crippen LogP contribution >= 0.6 is 0 Å². The third-order valence-electron chi connectivity index (χ3n) is 3.43. The molecule has 0 radical (unpaired) electrons. The Morgan fingerprint density at radius 3 is 2.64 bits per heavy atom. The van der Waals surface area contributed by atoms with Crippen molar-refractivity contribution in [1.29, 1.82) is 0 Å². The largest absolute Gasteiger partial charge is 0.279 e. The van der Waals surface area contributed by atoms with Crippen LogP contribution in [0.25, 0.3) is 10.9 Å². The van der Waals surface area contributed by atoms with Gasteiger partial charge in [0.1, 0.15) is 0 Å². The van der Waals surface area contributed by atoms with Gasteiger partial charge in [-0.05, 0) is 30.3 Å². The Morgan fingerprint density at radius 1 is 1.14 bits per heavy atom. The van der Waals surface area contributed by atoms with E-state index in [0.29, 0.717) is 0 Å². The molecule has 0 spiro atoms. The molecule has 0 aliphatic heterocycles. The van der Waals surface area contributed by atoms with E-state index in [2.05, 4.69) is 15.2 Å². The van der Waals surface area contributed by atoms with Crippen molar-refractivity contribution >= 4 is 28.2 Å². The van der Waals surface area contributed by atoms with E-state index in [-0.39, 0.29) is 5.91 Å². The van der Waals surface area contributed by atoms with Gasteiger partial charge in [-0.15, -0.1) is 0 Å². The Hall–Kier alpha value is -2.69. The highest BCUT2D eigenvalue weighted by Crippen LogP contribution is 2.32. The van der Waals surface area contributed by atoms with Crippen LogP contribution in [0.4, 0.5) is 11.4 Å². The maximum Gasteiger partial charge on any atom is 0.236 e. The summed E-state index contributed by atoms with van der Waals surface area (Å²) in [5.74, 6) is 0.0170. The summed E-state index contributed by atoms with van der Waals surface area (Å²) in [6.07, 6.45) is 5.15. The number of amides is 1. The Balaban J connectivity index is 2.14. The average molecular weight is 294 g/mol. The molecule has 112 valence electrons. The SMILES string of the molecule is CC(C)(C)C(=O)N(c1cccnc1)c1ccc2[nH]ncc2c1. The number of rotatable bonds is 2. The van der Waals surface area contributed by atoms with Crippen molar-refractivity contribution in [2.75, 3.05) is 4.90 Å². The Kier molecular flexibility index (Phi) is 3.41. The minimum Gasteiger partial charge on any atom is -0.279 e. The van der Waals surface area contributed by atoms with E-state index in [9.17, 15) is 4.79 Å². The second kappa shape index (κ2) is 5.26. The van der Waals surface area contributed by atoms with Gasteiger partial charge in [-0.1, -0.05) is 20.8 Å². The monoisotopic (exact) mass is 294 g/mol. The average Bonchev–Trinajstić information content (AvgIpc) is 2.95. The summed E-state index contributed by atoms with van der Waals surface area (Å²) in [4.78, 5) is 18.8. The molecular formula is C17H18N4O. The molecule has 3 rings (SSSR count). The van der Waals surface area contributed by atoms with Crippen molar-refractivity contribution in [2.45, 2.75) is 20.8 Å². The third kappa shape index (κ3) is 2.57. The maximum absolute atomic E-state index is 12.9. The standard InChI is InChI=1S/C17H18N4O/c1-17(2,3)16(22)21(14-5-4-8-18-11-14)13-6-7-15-12(9-13)10-19-20-15/h4-11H,1-3H3,(H,19,20). The van der Waals surface area contributed by atoms with Crippen molar-refractivity contribution in [3.63, 3.8) is 0 Å². The smallest absolute Gasteiger partial charge is 0.236 e. The predicted molar refractivity (Wildman–Crippen MR) is 86.9 cm³/mol. The fourth-order valence-electron chi connectivity index (χ4n) is 2.27. The van der Waals surface area contributed by atoms with Crippen molar-refractivity contribution in [1.82, 2.24) is 15.2 Å². The second-order valence-corrected chi connectivity index (χ2v) is 6.24. The van der Waals surface area contributed by atoms with E-state index in [4.69, 9.17) is 0 Å². The number of anilines is 2. The van der Waals surface area contributed by atoms with Crippen molar-refractivity contribution in [3.05, 3.63) is 48.9 Å². The summed E-state index contributed by atoms with van der Waals surface area (Å²) >= 11 is 0. The van der Waals surface area contributed by atoms with Gasteiger partial charge in [-0.2, -0.15) is 5.10 Å². The van der Waals surface area contributed by atoms with Crippen LogP contribution in [0, 0.1) is 5.41 Å². The zero-order chi connectivity index (χ0) is 15.7. The quantitative estimate of drug-likeness (QED) is 0.784. The number of aromatic nitrogens is 3. The highest BCUT2D eigenvalue weighted by Gasteiger charge is 2.29. The lowest BCUT2D eigenvalue weighted by Crippen LogP contribution is -2.36. The Morgan fingerprint density at radius 2 is 1.95 bits per heavy atom. The first-order valence-electron chi connectivity index (χ1n) is 7.14. The van der Waals surface area contributed by atoms with E-state index >= 15 is 0 Å². The molecule has 1 amide bonds. The number of hydrogen-bond acceptors (Lipinski definition) is 3. The first-order chi connectivity index (χ1) is 10.5. The summed E-state index contributed by atoms with van der Waals surface area (Å²) in [5.41, 5.74) is 2.01. The van der Waals surface area contributed by atoms with Gasteiger partial charge in [0.05, 0.1) is 23.6 Å². The second-order valence-electron chi connectivity index (χ2n) is 6.24. The first kappa shape index (κ1) is 14.3. The molecule has 2 heterocycles. The number of nitrogens with zero attached hydrogens (tertiary/aromatic N) is 3.